The molecule has 0 saturated carbocycles. The van der Waals surface area contributed by atoms with Crippen molar-refractivity contribution in [2.75, 3.05) is 18.2 Å². The van der Waals surface area contributed by atoms with Gasteiger partial charge in [-0.15, -0.1) is 11.8 Å². The Labute approximate surface area is 189 Å². The summed E-state index contributed by atoms with van der Waals surface area (Å²) in [6.45, 7) is -0.145. The zero-order chi connectivity index (χ0) is 22.1. The summed E-state index contributed by atoms with van der Waals surface area (Å²) < 4.78 is 1.96. The molecule has 1 saturated heterocycles. The van der Waals surface area contributed by atoms with Crippen LogP contribution in [0.25, 0.3) is 16.6 Å². The molecule has 3 heterocycles. The second-order valence-electron chi connectivity index (χ2n) is 7.99. The molecule has 5 rings (SSSR count). The summed E-state index contributed by atoms with van der Waals surface area (Å²) in [7, 11) is 0. The maximum absolute atomic E-state index is 13.0. The van der Waals surface area contributed by atoms with Crippen LogP contribution in [0.15, 0.2) is 36.7 Å². The number of amides is 2. The van der Waals surface area contributed by atoms with Crippen molar-refractivity contribution in [2.24, 2.45) is 0 Å². The molecule has 1 N–H and O–H groups in total. The molecule has 2 aliphatic rings. The quantitative estimate of drug-likeness (QED) is 0.660. The van der Waals surface area contributed by atoms with E-state index in [1.165, 1.54) is 34.3 Å². The first-order chi connectivity index (χ1) is 15.7. The maximum atomic E-state index is 13.0. The van der Waals surface area contributed by atoms with Crippen molar-refractivity contribution < 1.29 is 9.59 Å². The van der Waals surface area contributed by atoms with E-state index in [-0.39, 0.29) is 18.4 Å². The molecule has 1 aliphatic carbocycles. The first kappa shape index (κ1) is 20.5. The molecule has 1 aliphatic heterocycles. The highest BCUT2D eigenvalue weighted by molar-refractivity contribution is 7.99. The van der Waals surface area contributed by atoms with E-state index in [0.29, 0.717) is 28.1 Å². The molecule has 1 fully saturated rings. The number of nitrogens with zero attached hydrogens (tertiary/aromatic N) is 5. The van der Waals surface area contributed by atoms with E-state index in [1.54, 1.807) is 12.3 Å². The monoisotopic (exact) mass is 446 g/mol. The van der Waals surface area contributed by atoms with Gasteiger partial charge in [0.25, 0.3) is 5.91 Å². The van der Waals surface area contributed by atoms with Crippen LogP contribution in [0, 0.1) is 11.3 Å². The molecule has 9 heteroatoms. The van der Waals surface area contributed by atoms with E-state index in [0.717, 1.165) is 24.9 Å². The minimum atomic E-state index is -0.436. The second kappa shape index (κ2) is 8.63. The Bertz CT molecular complexity index is 1250. The van der Waals surface area contributed by atoms with Crippen LogP contribution in [0.5, 0.6) is 0 Å². The Morgan fingerprint density at radius 2 is 2.12 bits per heavy atom. The number of pyridine rings is 1. The van der Waals surface area contributed by atoms with Gasteiger partial charge in [-0.2, -0.15) is 10.4 Å². The molecule has 1 atom stereocenters. The molecule has 32 heavy (non-hydrogen) atoms. The van der Waals surface area contributed by atoms with Crippen molar-refractivity contribution >= 4 is 34.5 Å². The largest absolute Gasteiger partial charge is 0.343 e. The molecule has 0 radical (unpaired) electrons. The first-order valence-corrected chi connectivity index (χ1v) is 11.8. The molecule has 0 bridgehead atoms. The van der Waals surface area contributed by atoms with Crippen molar-refractivity contribution in [3.63, 3.8) is 0 Å². The van der Waals surface area contributed by atoms with Crippen LogP contribution in [-0.2, 0) is 17.6 Å². The molecule has 3 aromatic rings. The lowest BCUT2D eigenvalue weighted by molar-refractivity contribution is -0.129. The summed E-state index contributed by atoms with van der Waals surface area (Å²) in [4.78, 5) is 31.3. The highest BCUT2D eigenvalue weighted by atomic mass is 32.2. The van der Waals surface area contributed by atoms with Crippen molar-refractivity contribution in [1.82, 2.24) is 25.0 Å². The minimum Gasteiger partial charge on any atom is -0.343 e. The number of thioether (sulfide) groups is 1. The highest BCUT2D eigenvalue weighted by Gasteiger charge is 2.29. The first-order valence-electron chi connectivity index (χ1n) is 10.7. The third kappa shape index (κ3) is 3.71. The Balaban J connectivity index is 1.40. The molecule has 2 aromatic heterocycles. The van der Waals surface area contributed by atoms with E-state index in [2.05, 4.69) is 21.5 Å². The Kier molecular flexibility index (Phi) is 5.53. The number of carbonyl (C=O) groups excluding carboxylic acids is 2. The molecular formula is C23H22N6O2S. The number of hydrogen-bond acceptors (Lipinski definition) is 6. The zero-order valence-corrected chi connectivity index (χ0v) is 18.3. The maximum Gasteiger partial charge on any atom is 0.252 e. The fraction of sp³-hybridized carbons (Fsp3) is 0.348. The van der Waals surface area contributed by atoms with Gasteiger partial charge in [-0.05, 0) is 55.5 Å². The van der Waals surface area contributed by atoms with Gasteiger partial charge in [0.2, 0.25) is 5.91 Å². The van der Waals surface area contributed by atoms with Crippen molar-refractivity contribution in [2.45, 2.75) is 31.7 Å². The van der Waals surface area contributed by atoms with Crippen LogP contribution in [0.4, 0.5) is 0 Å². The predicted octanol–water partition coefficient (Wildman–Crippen LogP) is 2.45. The summed E-state index contributed by atoms with van der Waals surface area (Å²) in [5.74, 6) is 0.483. The molecule has 0 spiro atoms. The number of fused-ring (bicyclic) bond motifs is 2. The average Bonchev–Trinajstić information content (AvgIpc) is 3.48. The Hall–Kier alpha value is -3.38. The normalized spacial score (nSPS) is 17.7. The summed E-state index contributed by atoms with van der Waals surface area (Å²) in [5.41, 5.74) is 4.57. The highest BCUT2D eigenvalue weighted by Crippen LogP contribution is 2.26. The van der Waals surface area contributed by atoms with Crippen molar-refractivity contribution in [3.05, 3.63) is 53.5 Å². The predicted molar refractivity (Wildman–Crippen MR) is 121 cm³/mol. The third-order valence-corrected chi connectivity index (χ3v) is 7.04. The van der Waals surface area contributed by atoms with Crippen molar-refractivity contribution in [1.29, 1.82) is 5.26 Å². The smallest absolute Gasteiger partial charge is 0.252 e. The SMILES string of the molecule is N#CC1CSCN1C(=O)CNC(=O)c1ccnc2ccc(-n3ncc4c3CCCC4)cc12. The van der Waals surface area contributed by atoms with Crippen LogP contribution in [0.1, 0.15) is 34.5 Å². The van der Waals surface area contributed by atoms with E-state index in [4.69, 9.17) is 0 Å². The lowest BCUT2D eigenvalue weighted by Crippen LogP contribution is -2.42. The molecular weight excluding hydrogens is 424 g/mol. The van der Waals surface area contributed by atoms with E-state index in [9.17, 15) is 14.9 Å². The Morgan fingerprint density at radius 1 is 1.25 bits per heavy atom. The molecule has 8 nitrogen and oxygen atoms in total. The van der Waals surface area contributed by atoms with Gasteiger partial charge in [0.05, 0.1) is 41.5 Å². The second-order valence-corrected chi connectivity index (χ2v) is 8.99. The van der Waals surface area contributed by atoms with Gasteiger partial charge >= 0.3 is 0 Å². The molecule has 162 valence electrons. The van der Waals surface area contributed by atoms with Gasteiger partial charge in [0, 0.05) is 23.0 Å². The number of aryl methyl sites for hydroxylation is 1. The van der Waals surface area contributed by atoms with Gasteiger partial charge in [0.15, 0.2) is 0 Å². The summed E-state index contributed by atoms with van der Waals surface area (Å²) in [5, 5.41) is 17.2. The van der Waals surface area contributed by atoms with Gasteiger partial charge in [-0.3, -0.25) is 14.6 Å². The molecule has 2 amide bonds. The fourth-order valence-electron chi connectivity index (χ4n) is 4.33. The van der Waals surface area contributed by atoms with Gasteiger partial charge in [-0.1, -0.05) is 0 Å². The number of nitriles is 1. The number of carbonyl (C=O) groups is 2. The average molecular weight is 447 g/mol. The number of benzene rings is 1. The molecule has 1 unspecified atom stereocenters. The van der Waals surface area contributed by atoms with Crippen molar-refractivity contribution in [3.8, 4) is 11.8 Å². The van der Waals surface area contributed by atoms with E-state index < -0.39 is 6.04 Å². The summed E-state index contributed by atoms with van der Waals surface area (Å²) in [6.07, 6.45) is 7.92. The van der Waals surface area contributed by atoms with Crippen LogP contribution in [0.3, 0.4) is 0 Å². The van der Waals surface area contributed by atoms with E-state index in [1.807, 2.05) is 29.1 Å². The van der Waals surface area contributed by atoms with Gasteiger partial charge in [-0.25, -0.2) is 4.68 Å². The van der Waals surface area contributed by atoms with Gasteiger partial charge in [0.1, 0.15) is 6.04 Å². The number of aromatic nitrogens is 3. The van der Waals surface area contributed by atoms with Crippen LogP contribution < -0.4 is 5.32 Å². The number of rotatable bonds is 4. The summed E-state index contributed by atoms with van der Waals surface area (Å²) >= 11 is 1.54. The van der Waals surface area contributed by atoms with Gasteiger partial charge < -0.3 is 10.2 Å². The third-order valence-electron chi connectivity index (χ3n) is 6.03. The Morgan fingerprint density at radius 3 is 3.00 bits per heavy atom. The number of hydrogen-bond donors (Lipinski definition) is 1. The van der Waals surface area contributed by atoms with Crippen LogP contribution >= 0.6 is 11.8 Å². The lowest BCUT2D eigenvalue weighted by atomic mass is 9.98. The number of nitrogens with one attached hydrogen (secondary N) is 1. The van der Waals surface area contributed by atoms with Crippen LogP contribution in [0.2, 0.25) is 0 Å². The minimum absolute atomic E-state index is 0.145. The fourth-order valence-corrected chi connectivity index (χ4v) is 5.43. The zero-order valence-electron chi connectivity index (χ0n) is 17.5. The lowest BCUT2D eigenvalue weighted by Gasteiger charge is -2.18. The summed E-state index contributed by atoms with van der Waals surface area (Å²) in [6, 6.07) is 9.15. The topological polar surface area (TPSA) is 104 Å². The molecule has 1 aromatic carbocycles. The van der Waals surface area contributed by atoms with E-state index >= 15 is 0 Å². The standard InChI is InChI=1S/C23H22N6O2S/c24-10-17-13-32-14-28(17)22(30)12-26-23(31)18-7-8-25-20-6-5-16(9-19(18)20)29-21-4-2-1-3-15(21)11-27-29/h5-9,11,17H,1-4,12-14H2,(H,26,31). The van der Waals surface area contributed by atoms with Crippen LogP contribution in [-0.4, -0.2) is 55.7 Å².